The average molecular weight is 336 g/mol. The molecule has 1 aromatic carbocycles. The summed E-state index contributed by atoms with van der Waals surface area (Å²) in [6, 6.07) is 2.41. The number of nitrogens with zero attached hydrogens (tertiary/aromatic N) is 1. The summed E-state index contributed by atoms with van der Waals surface area (Å²) in [5.74, 6) is -0.190. The van der Waals surface area contributed by atoms with Crippen LogP contribution in [0.25, 0.3) is 0 Å². The summed E-state index contributed by atoms with van der Waals surface area (Å²) < 4.78 is 40.8. The molecule has 1 aromatic rings. The fourth-order valence-corrected chi connectivity index (χ4v) is 5.17. The predicted molar refractivity (Wildman–Crippen MR) is 84.9 cm³/mol. The minimum absolute atomic E-state index is 0.0994. The molecule has 0 atom stereocenters. The molecule has 0 saturated carbocycles. The van der Waals surface area contributed by atoms with Gasteiger partial charge in [0.2, 0.25) is 10.0 Å². The first-order chi connectivity index (χ1) is 9.79. The number of sulfonamides is 1. The summed E-state index contributed by atoms with van der Waals surface area (Å²) in [6.45, 7) is 7.40. The van der Waals surface area contributed by atoms with Gasteiger partial charge in [-0.2, -0.15) is 4.31 Å². The maximum Gasteiger partial charge on any atom is 0.243 e. The summed E-state index contributed by atoms with van der Waals surface area (Å²) >= 11 is 5.79. The van der Waals surface area contributed by atoms with Gasteiger partial charge in [0.25, 0.3) is 0 Å². The van der Waals surface area contributed by atoms with Crippen molar-refractivity contribution in [2.75, 3.05) is 12.4 Å². The van der Waals surface area contributed by atoms with Crippen LogP contribution in [0, 0.1) is 19.7 Å². The Kier molecular flexibility index (Phi) is 6.63. The lowest BCUT2D eigenvalue weighted by Gasteiger charge is -2.30. The monoisotopic (exact) mass is 335 g/mol. The van der Waals surface area contributed by atoms with Crippen LogP contribution in [-0.2, 0) is 10.0 Å². The van der Waals surface area contributed by atoms with Crippen molar-refractivity contribution in [1.29, 1.82) is 0 Å². The van der Waals surface area contributed by atoms with Crippen molar-refractivity contribution in [3.05, 3.63) is 29.1 Å². The van der Waals surface area contributed by atoms with E-state index in [9.17, 15) is 12.8 Å². The second-order valence-corrected chi connectivity index (χ2v) is 7.35. The number of benzene rings is 1. The van der Waals surface area contributed by atoms with Gasteiger partial charge in [-0.1, -0.05) is 13.8 Å². The van der Waals surface area contributed by atoms with Crippen molar-refractivity contribution in [3.63, 3.8) is 0 Å². The summed E-state index contributed by atoms with van der Waals surface area (Å²) in [6.07, 6.45) is 1.43. The third kappa shape index (κ3) is 3.96. The highest BCUT2D eigenvalue weighted by atomic mass is 35.5. The van der Waals surface area contributed by atoms with Crippen LogP contribution in [0.5, 0.6) is 0 Å². The van der Waals surface area contributed by atoms with Gasteiger partial charge in [0, 0.05) is 18.5 Å². The summed E-state index contributed by atoms with van der Waals surface area (Å²) in [7, 11) is -3.68. The molecule has 0 N–H and O–H groups in total. The Morgan fingerprint density at radius 1 is 1.19 bits per heavy atom. The van der Waals surface area contributed by atoms with Crippen molar-refractivity contribution in [2.45, 2.75) is 51.5 Å². The van der Waals surface area contributed by atoms with E-state index in [-0.39, 0.29) is 23.4 Å². The molecule has 0 heterocycles. The van der Waals surface area contributed by atoms with Gasteiger partial charge in [-0.3, -0.25) is 0 Å². The van der Waals surface area contributed by atoms with Gasteiger partial charge in [-0.25, -0.2) is 12.8 Å². The minimum atomic E-state index is -3.68. The van der Waals surface area contributed by atoms with E-state index in [0.717, 1.165) is 0 Å². The molecule has 0 amide bonds. The summed E-state index contributed by atoms with van der Waals surface area (Å²) in [4.78, 5) is 0.195. The third-order valence-corrected chi connectivity index (χ3v) is 6.07. The lowest BCUT2D eigenvalue weighted by Crippen LogP contribution is -2.41. The van der Waals surface area contributed by atoms with Crippen molar-refractivity contribution < 1.29 is 12.8 Å². The second kappa shape index (κ2) is 7.56. The van der Waals surface area contributed by atoms with E-state index in [4.69, 9.17) is 11.6 Å². The van der Waals surface area contributed by atoms with Crippen LogP contribution in [0.2, 0.25) is 0 Å². The smallest absolute Gasteiger partial charge is 0.207 e. The Hall–Kier alpha value is -0.650. The zero-order valence-corrected chi connectivity index (χ0v) is 14.6. The first-order valence-corrected chi connectivity index (χ1v) is 9.11. The van der Waals surface area contributed by atoms with Crippen molar-refractivity contribution in [2.24, 2.45) is 0 Å². The fraction of sp³-hybridized carbons (Fsp3) is 0.600. The molecule has 21 heavy (non-hydrogen) atoms. The molecular weight excluding hydrogens is 313 g/mol. The molecule has 3 nitrogen and oxygen atoms in total. The molecule has 0 aliphatic heterocycles. The standard InChI is InChI=1S/C15H23ClFNO2S/c1-5-14(6-2)18(8-7-16)21(19,20)15-11(3)9-13(17)10-12(15)4/h9-10,14H,5-8H2,1-4H3. The largest absolute Gasteiger partial charge is 0.243 e. The Labute approximate surface area is 132 Å². The van der Waals surface area contributed by atoms with Crippen LogP contribution in [0.4, 0.5) is 4.39 Å². The molecule has 0 fully saturated rings. The fourth-order valence-electron chi connectivity index (χ4n) is 2.70. The van der Waals surface area contributed by atoms with Gasteiger partial charge in [0.05, 0.1) is 4.90 Å². The van der Waals surface area contributed by atoms with Crippen LogP contribution in [0.1, 0.15) is 37.8 Å². The highest BCUT2D eigenvalue weighted by molar-refractivity contribution is 7.89. The molecule has 0 aromatic heterocycles. The van der Waals surface area contributed by atoms with Crippen molar-refractivity contribution in [3.8, 4) is 0 Å². The van der Waals surface area contributed by atoms with Gasteiger partial charge in [0.15, 0.2) is 0 Å². The average Bonchev–Trinajstić information content (AvgIpc) is 2.37. The first kappa shape index (κ1) is 18.4. The van der Waals surface area contributed by atoms with Crippen LogP contribution >= 0.6 is 11.6 Å². The second-order valence-electron chi connectivity index (χ2n) is 5.14. The predicted octanol–water partition coefficient (Wildman–Crippen LogP) is 3.86. The highest BCUT2D eigenvalue weighted by Gasteiger charge is 2.31. The van der Waals surface area contributed by atoms with Gasteiger partial charge in [-0.05, 0) is 49.9 Å². The van der Waals surface area contributed by atoms with Crippen molar-refractivity contribution in [1.82, 2.24) is 4.31 Å². The number of hydrogen-bond acceptors (Lipinski definition) is 2. The number of halogens is 2. The maximum absolute atomic E-state index is 13.4. The molecule has 0 spiro atoms. The Morgan fingerprint density at radius 3 is 2.05 bits per heavy atom. The SMILES string of the molecule is CCC(CC)N(CCCl)S(=O)(=O)c1c(C)cc(F)cc1C. The Balaban J connectivity index is 3.43. The van der Waals surface area contributed by atoms with E-state index in [2.05, 4.69) is 0 Å². The topological polar surface area (TPSA) is 37.4 Å². The Bertz CT molecular complexity index is 562. The number of hydrogen-bond donors (Lipinski definition) is 0. The molecule has 0 saturated heterocycles. The molecule has 0 radical (unpaired) electrons. The number of aryl methyl sites for hydroxylation is 2. The molecule has 0 aliphatic carbocycles. The minimum Gasteiger partial charge on any atom is -0.207 e. The molecule has 0 unspecified atom stereocenters. The van der Waals surface area contributed by atoms with E-state index < -0.39 is 15.8 Å². The summed E-state index contributed by atoms with van der Waals surface area (Å²) in [5.41, 5.74) is 0.857. The molecule has 0 bridgehead atoms. The van der Waals surface area contributed by atoms with Crippen LogP contribution in [-0.4, -0.2) is 31.2 Å². The lowest BCUT2D eigenvalue weighted by atomic mass is 10.1. The summed E-state index contributed by atoms with van der Waals surface area (Å²) in [5, 5.41) is 0. The zero-order chi connectivity index (χ0) is 16.2. The normalized spacial score (nSPS) is 12.4. The third-order valence-electron chi connectivity index (χ3n) is 3.65. The molecule has 0 aliphatic rings. The van der Waals surface area contributed by atoms with E-state index in [0.29, 0.717) is 24.0 Å². The highest BCUT2D eigenvalue weighted by Crippen LogP contribution is 2.27. The van der Waals surface area contributed by atoms with Crippen LogP contribution in [0.3, 0.4) is 0 Å². The Morgan fingerprint density at radius 2 is 1.67 bits per heavy atom. The van der Waals surface area contributed by atoms with E-state index in [1.54, 1.807) is 13.8 Å². The van der Waals surface area contributed by atoms with Crippen LogP contribution < -0.4 is 0 Å². The zero-order valence-electron chi connectivity index (χ0n) is 13.0. The van der Waals surface area contributed by atoms with Gasteiger partial charge in [-0.15, -0.1) is 11.6 Å². The maximum atomic E-state index is 13.4. The molecule has 120 valence electrons. The van der Waals surface area contributed by atoms with Crippen LogP contribution in [0.15, 0.2) is 17.0 Å². The van der Waals surface area contributed by atoms with Gasteiger partial charge < -0.3 is 0 Å². The molecule has 6 heteroatoms. The quantitative estimate of drug-likeness (QED) is 0.709. The van der Waals surface area contributed by atoms with E-state index >= 15 is 0 Å². The van der Waals surface area contributed by atoms with Gasteiger partial charge in [0.1, 0.15) is 5.82 Å². The number of alkyl halides is 1. The van der Waals surface area contributed by atoms with E-state index in [1.807, 2.05) is 13.8 Å². The van der Waals surface area contributed by atoms with Gasteiger partial charge >= 0.3 is 0 Å². The molecular formula is C15H23ClFNO2S. The lowest BCUT2D eigenvalue weighted by molar-refractivity contribution is 0.316. The number of rotatable bonds is 7. The van der Waals surface area contributed by atoms with E-state index in [1.165, 1.54) is 16.4 Å². The molecule has 1 rings (SSSR count). The first-order valence-electron chi connectivity index (χ1n) is 7.14. The van der Waals surface area contributed by atoms with Crippen molar-refractivity contribution >= 4 is 21.6 Å².